The van der Waals surface area contributed by atoms with Gasteiger partial charge in [0.25, 0.3) is 0 Å². The van der Waals surface area contributed by atoms with E-state index in [1.165, 1.54) is 16.7 Å². The Kier molecular flexibility index (Phi) is 5.17. The molecule has 1 aliphatic rings. The molecule has 0 aliphatic carbocycles. The van der Waals surface area contributed by atoms with Gasteiger partial charge in [-0.15, -0.1) is 13.2 Å². The zero-order valence-corrected chi connectivity index (χ0v) is 11.0. The van der Waals surface area contributed by atoms with Crippen LogP contribution < -0.4 is 0 Å². The molecule has 1 heterocycles. The quantitative estimate of drug-likeness (QED) is 0.486. The van der Waals surface area contributed by atoms with Crippen molar-refractivity contribution in [1.82, 2.24) is 0 Å². The van der Waals surface area contributed by atoms with E-state index >= 15 is 0 Å². The Morgan fingerprint density at radius 1 is 1.41 bits per heavy atom. The van der Waals surface area contributed by atoms with Gasteiger partial charge in [-0.1, -0.05) is 24.8 Å². The van der Waals surface area contributed by atoms with Crippen molar-refractivity contribution in [1.29, 1.82) is 0 Å². The molecular weight excluding hydrogens is 208 g/mol. The van der Waals surface area contributed by atoms with Crippen LogP contribution in [0, 0.1) is 0 Å². The number of rotatable bonds is 6. The molecule has 0 aromatic heterocycles. The van der Waals surface area contributed by atoms with Crippen LogP contribution in [0.25, 0.3) is 0 Å². The Bertz CT molecular complexity index is 382. The van der Waals surface area contributed by atoms with Gasteiger partial charge >= 0.3 is 0 Å². The van der Waals surface area contributed by atoms with E-state index in [1.807, 2.05) is 19.1 Å². The Morgan fingerprint density at radius 2 is 2.12 bits per heavy atom. The van der Waals surface area contributed by atoms with Gasteiger partial charge in [-0.2, -0.15) is 0 Å². The molecule has 17 heavy (non-hydrogen) atoms. The Labute approximate surface area is 105 Å². The molecule has 1 rings (SSSR count). The van der Waals surface area contributed by atoms with Crippen molar-refractivity contribution in [3.05, 3.63) is 60.3 Å². The Balaban J connectivity index is 3.00. The minimum atomic E-state index is 0.182. The van der Waals surface area contributed by atoms with Crippen molar-refractivity contribution >= 4 is 0 Å². The molecule has 0 amide bonds. The summed E-state index contributed by atoms with van der Waals surface area (Å²) in [7, 11) is 0. The van der Waals surface area contributed by atoms with Crippen molar-refractivity contribution in [2.75, 3.05) is 6.61 Å². The van der Waals surface area contributed by atoms with Gasteiger partial charge in [0.05, 0.1) is 12.7 Å². The van der Waals surface area contributed by atoms with E-state index in [0.29, 0.717) is 6.61 Å². The van der Waals surface area contributed by atoms with E-state index in [2.05, 4.69) is 32.7 Å². The molecule has 0 radical (unpaired) electrons. The fourth-order valence-corrected chi connectivity index (χ4v) is 2.14. The largest absolute Gasteiger partial charge is 0.369 e. The summed E-state index contributed by atoms with van der Waals surface area (Å²) in [6, 6.07) is 0. The van der Waals surface area contributed by atoms with Crippen LogP contribution in [0.2, 0.25) is 0 Å². The topological polar surface area (TPSA) is 9.23 Å². The average molecular weight is 230 g/mol. The standard InChI is InChI=1S/C16H22O/c1-6-9-14(8-3)12(4)16-11-17-13(5)15(16)10-7-2/h6-8,13H,1-2,4,9-11H2,3,5H3/b14-8+. The molecular formula is C16H22O. The SMILES string of the molecule is C=CCC1=C(C(=C)/C(=C/C)CC=C)COC1C. The third kappa shape index (κ3) is 3.07. The van der Waals surface area contributed by atoms with E-state index in [0.717, 1.165) is 18.4 Å². The predicted octanol–water partition coefficient (Wildman–Crippen LogP) is 4.36. The molecule has 1 heteroatoms. The van der Waals surface area contributed by atoms with Crippen LogP contribution >= 0.6 is 0 Å². The monoisotopic (exact) mass is 230 g/mol. The van der Waals surface area contributed by atoms with Crippen molar-refractivity contribution in [3.8, 4) is 0 Å². The molecule has 0 saturated carbocycles. The summed E-state index contributed by atoms with van der Waals surface area (Å²) in [5, 5.41) is 0. The molecule has 0 saturated heterocycles. The van der Waals surface area contributed by atoms with Gasteiger partial charge in [0.2, 0.25) is 0 Å². The van der Waals surface area contributed by atoms with Crippen molar-refractivity contribution < 1.29 is 4.74 Å². The number of allylic oxidation sites excluding steroid dienone is 4. The maximum atomic E-state index is 5.69. The first-order chi connectivity index (χ1) is 8.15. The fraction of sp³-hybridized carbons (Fsp3) is 0.375. The van der Waals surface area contributed by atoms with Crippen LogP contribution in [0.5, 0.6) is 0 Å². The minimum Gasteiger partial charge on any atom is -0.369 e. The van der Waals surface area contributed by atoms with Gasteiger partial charge in [-0.05, 0) is 49.0 Å². The van der Waals surface area contributed by atoms with E-state index in [9.17, 15) is 0 Å². The molecule has 1 unspecified atom stereocenters. The minimum absolute atomic E-state index is 0.182. The Morgan fingerprint density at radius 3 is 2.65 bits per heavy atom. The first-order valence-electron chi connectivity index (χ1n) is 6.05. The lowest BCUT2D eigenvalue weighted by atomic mass is 9.92. The highest BCUT2D eigenvalue weighted by Gasteiger charge is 2.23. The predicted molar refractivity (Wildman–Crippen MR) is 75.0 cm³/mol. The lowest BCUT2D eigenvalue weighted by molar-refractivity contribution is 0.133. The van der Waals surface area contributed by atoms with Crippen molar-refractivity contribution in [2.24, 2.45) is 0 Å². The van der Waals surface area contributed by atoms with E-state index < -0.39 is 0 Å². The summed E-state index contributed by atoms with van der Waals surface area (Å²) in [5.74, 6) is 0. The molecule has 0 fully saturated rings. The molecule has 1 nitrogen and oxygen atoms in total. The third-order valence-electron chi connectivity index (χ3n) is 3.18. The summed E-state index contributed by atoms with van der Waals surface area (Å²) in [5.41, 5.74) is 4.88. The maximum absolute atomic E-state index is 5.69. The second-order valence-electron chi connectivity index (χ2n) is 4.24. The van der Waals surface area contributed by atoms with Gasteiger partial charge in [0.1, 0.15) is 0 Å². The van der Waals surface area contributed by atoms with Gasteiger partial charge in [0, 0.05) is 0 Å². The molecule has 0 bridgehead atoms. The van der Waals surface area contributed by atoms with Gasteiger partial charge < -0.3 is 4.74 Å². The Hall–Kier alpha value is -1.34. The summed E-state index contributed by atoms with van der Waals surface area (Å²) >= 11 is 0. The highest BCUT2D eigenvalue weighted by molar-refractivity contribution is 5.50. The number of hydrogen-bond donors (Lipinski definition) is 0. The van der Waals surface area contributed by atoms with E-state index in [4.69, 9.17) is 4.74 Å². The normalized spacial score (nSPS) is 20.6. The third-order valence-corrected chi connectivity index (χ3v) is 3.18. The van der Waals surface area contributed by atoms with Crippen LogP contribution in [-0.2, 0) is 4.74 Å². The molecule has 0 aromatic carbocycles. The summed E-state index contributed by atoms with van der Waals surface area (Å²) in [6.45, 7) is 16.6. The van der Waals surface area contributed by atoms with Crippen LogP contribution in [0.1, 0.15) is 26.7 Å². The zero-order chi connectivity index (χ0) is 12.8. The highest BCUT2D eigenvalue weighted by Crippen LogP contribution is 2.32. The summed E-state index contributed by atoms with van der Waals surface area (Å²) in [6.07, 6.45) is 7.85. The zero-order valence-electron chi connectivity index (χ0n) is 11.0. The highest BCUT2D eigenvalue weighted by atomic mass is 16.5. The molecule has 0 spiro atoms. The molecule has 0 N–H and O–H groups in total. The van der Waals surface area contributed by atoms with Gasteiger partial charge in [0.15, 0.2) is 0 Å². The lowest BCUT2D eigenvalue weighted by Crippen LogP contribution is -2.02. The summed E-state index contributed by atoms with van der Waals surface area (Å²) < 4.78 is 5.69. The molecule has 1 aliphatic heterocycles. The molecule has 0 aromatic rings. The van der Waals surface area contributed by atoms with Crippen LogP contribution in [0.4, 0.5) is 0 Å². The van der Waals surface area contributed by atoms with Crippen LogP contribution in [0.3, 0.4) is 0 Å². The van der Waals surface area contributed by atoms with E-state index in [-0.39, 0.29) is 6.10 Å². The van der Waals surface area contributed by atoms with E-state index in [1.54, 1.807) is 0 Å². The average Bonchev–Trinajstić information content (AvgIpc) is 2.68. The molecule has 1 atom stereocenters. The smallest absolute Gasteiger partial charge is 0.0771 e. The second-order valence-corrected chi connectivity index (χ2v) is 4.24. The fourth-order valence-electron chi connectivity index (χ4n) is 2.14. The van der Waals surface area contributed by atoms with Crippen molar-refractivity contribution in [2.45, 2.75) is 32.8 Å². The molecule has 92 valence electrons. The number of hydrogen-bond acceptors (Lipinski definition) is 1. The van der Waals surface area contributed by atoms with Crippen molar-refractivity contribution in [3.63, 3.8) is 0 Å². The van der Waals surface area contributed by atoms with Crippen LogP contribution in [-0.4, -0.2) is 12.7 Å². The van der Waals surface area contributed by atoms with Gasteiger partial charge in [-0.3, -0.25) is 0 Å². The maximum Gasteiger partial charge on any atom is 0.0771 e. The summed E-state index contributed by atoms with van der Waals surface area (Å²) in [4.78, 5) is 0. The lowest BCUT2D eigenvalue weighted by Gasteiger charge is -2.12. The number of ether oxygens (including phenoxy) is 1. The second kappa shape index (κ2) is 6.41. The first kappa shape index (κ1) is 13.7. The van der Waals surface area contributed by atoms with Gasteiger partial charge in [-0.25, -0.2) is 0 Å². The first-order valence-corrected chi connectivity index (χ1v) is 6.05. The van der Waals surface area contributed by atoms with Crippen LogP contribution in [0.15, 0.2) is 60.3 Å².